The lowest BCUT2D eigenvalue weighted by atomic mass is 10.0. The third kappa shape index (κ3) is 3.56. The van der Waals surface area contributed by atoms with Crippen LogP contribution in [0.1, 0.15) is 17.2 Å². The molecule has 1 aromatic rings. The van der Waals surface area contributed by atoms with Crippen LogP contribution in [0.25, 0.3) is 0 Å². The van der Waals surface area contributed by atoms with E-state index in [9.17, 15) is 36.5 Å². The first-order valence-electron chi connectivity index (χ1n) is 4.62. The maximum absolute atomic E-state index is 12.4. The summed E-state index contributed by atoms with van der Waals surface area (Å²) in [6.07, 6.45) is -10.0. The molecule has 0 unspecified atom stereocenters. The molecular formula is C9H6F6N2O2. The van der Waals surface area contributed by atoms with Crippen molar-refractivity contribution in [2.45, 2.75) is 18.4 Å². The molecule has 0 spiro atoms. The second-order valence-electron chi connectivity index (χ2n) is 3.59. The maximum Gasteiger partial charge on any atom is 0.416 e. The van der Waals surface area contributed by atoms with Gasteiger partial charge in [0.1, 0.15) is 6.04 Å². The monoisotopic (exact) mass is 288 g/mol. The molecule has 0 aromatic heterocycles. The van der Waals surface area contributed by atoms with E-state index in [-0.39, 0.29) is 12.1 Å². The van der Waals surface area contributed by atoms with Crippen molar-refractivity contribution < 1.29 is 31.3 Å². The van der Waals surface area contributed by atoms with E-state index in [1.54, 1.807) is 0 Å². The first kappa shape index (κ1) is 15.2. The summed E-state index contributed by atoms with van der Waals surface area (Å²) in [4.78, 5) is 9.20. The summed E-state index contributed by atoms with van der Waals surface area (Å²) in [6, 6.07) is -2.07. The fourth-order valence-electron chi connectivity index (χ4n) is 1.27. The minimum absolute atomic E-state index is 0.144. The van der Waals surface area contributed by atoms with E-state index in [0.29, 0.717) is 6.07 Å². The van der Waals surface area contributed by atoms with Crippen molar-refractivity contribution in [2.75, 3.05) is 0 Å². The van der Waals surface area contributed by atoms with Crippen LogP contribution < -0.4 is 5.73 Å². The van der Waals surface area contributed by atoms with Crippen molar-refractivity contribution in [1.29, 1.82) is 0 Å². The molecule has 10 heteroatoms. The van der Waals surface area contributed by atoms with E-state index in [4.69, 9.17) is 5.73 Å². The van der Waals surface area contributed by atoms with Gasteiger partial charge in [-0.15, -0.1) is 0 Å². The SMILES string of the molecule is N[C@H](c1cc([N+](=O)[O-])cc(C(F)(F)F)c1)C(F)(F)F. The van der Waals surface area contributed by atoms with Gasteiger partial charge in [0.05, 0.1) is 10.5 Å². The van der Waals surface area contributed by atoms with Crippen molar-refractivity contribution in [3.05, 3.63) is 39.4 Å². The first-order valence-corrected chi connectivity index (χ1v) is 4.62. The summed E-state index contributed by atoms with van der Waals surface area (Å²) < 4.78 is 74.2. The number of alkyl halides is 6. The number of nitrogens with zero attached hydrogens (tertiary/aromatic N) is 1. The van der Waals surface area contributed by atoms with Crippen LogP contribution in [0, 0.1) is 10.1 Å². The zero-order valence-electron chi connectivity index (χ0n) is 8.92. The van der Waals surface area contributed by atoms with Crippen molar-refractivity contribution in [2.24, 2.45) is 5.73 Å². The first-order chi connectivity index (χ1) is 8.43. The Bertz CT molecular complexity index is 496. The highest BCUT2D eigenvalue weighted by atomic mass is 19.4. The maximum atomic E-state index is 12.4. The largest absolute Gasteiger partial charge is 0.416 e. The fraction of sp³-hybridized carbons (Fsp3) is 0.333. The highest BCUT2D eigenvalue weighted by Gasteiger charge is 2.40. The van der Waals surface area contributed by atoms with Crippen LogP contribution in [0.4, 0.5) is 32.0 Å². The van der Waals surface area contributed by atoms with Crippen molar-refractivity contribution in [3.63, 3.8) is 0 Å². The van der Waals surface area contributed by atoms with Gasteiger partial charge in [-0.25, -0.2) is 0 Å². The second-order valence-corrected chi connectivity index (χ2v) is 3.59. The highest BCUT2D eigenvalue weighted by Crippen LogP contribution is 2.37. The van der Waals surface area contributed by atoms with Crippen LogP contribution in [-0.4, -0.2) is 11.1 Å². The average Bonchev–Trinajstić information content (AvgIpc) is 2.24. The Kier molecular flexibility index (Phi) is 3.75. The highest BCUT2D eigenvalue weighted by molar-refractivity contribution is 5.42. The van der Waals surface area contributed by atoms with E-state index in [0.717, 1.165) is 0 Å². The van der Waals surface area contributed by atoms with Gasteiger partial charge in [-0.3, -0.25) is 10.1 Å². The molecule has 19 heavy (non-hydrogen) atoms. The fourth-order valence-corrected chi connectivity index (χ4v) is 1.27. The van der Waals surface area contributed by atoms with E-state index < -0.39 is 40.1 Å². The summed E-state index contributed by atoms with van der Waals surface area (Å²) in [5, 5.41) is 10.4. The molecule has 0 bridgehead atoms. The molecule has 0 aliphatic rings. The van der Waals surface area contributed by atoms with Crippen molar-refractivity contribution >= 4 is 5.69 Å². The van der Waals surface area contributed by atoms with Gasteiger partial charge in [0.2, 0.25) is 0 Å². The number of benzene rings is 1. The van der Waals surface area contributed by atoms with Gasteiger partial charge in [-0.2, -0.15) is 26.3 Å². The van der Waals surface area contributed by atoms with Crippen LogP contribution in [0.15, 0.2) is 18.2 Å². The van der Waals surface area contributed by atoms with E-state index in [1.165, 1.54) is 0 Å². The predicted octanol–water partition coefficient (Wildman–Crippen LogP) is 3.18. The summed E-state index contributed by atoms with van der Waals surface area (Å²) in [6.45, 7) is 0. The molecule has 0 saturated heterocycles. The lowest BCUT2D eigenvalue weighted by Crippen LogP contribution is -2.28. The molecule has 0 saturated carbocycles. The number of non-ortho nitro benzene ring substituents is 1. The Morgan fingerprint density at radius 2 is 1.63 bits per heavy atom. The number of nitro groups is 1. The van der Waals surface area contributed by atoms with Gasteiger partial charge in [-0.1, -0.05) is 0 Å². The van der Waals surface area contributed by atoms with Crippen LogP contribution in [0.2, 0.25) is 0 Å². The lowest BCUT2D eigenvalue weighted by Gasteiger charge is -2.17. The van der Waals surface area contributed by atoms with Gasteiger partial charge < -0.3 is 5.73 Å². The number of halogens is 6. The number of hydrogen-bond donors (Lipinski definition) is 1. The molecule has 2 N–H and O–H groups in total. The number of rotatable bonds is 2. The third-order valence-electron chi connectivity index (χ3n) is 2.19. The van der Waals surface area contributed by atoms with Gasteiger partial charge in [0.15, 0.2) is 0 Å². The molecular weight excluding hydrogens is 282 g/mol. The number of nitro benzene ring substituents is 1. The summed E-state index contributed by atoms with van der Waals surface area (Å²) >= 11 is 0. The van der Waals surface area contributed by atoms with Crippen LogP contribution >= 0.6 is 0 Å². The Balaban J connectivity index is 3.41. The molecule has 0 radical (unpaired) electrons. The third-order valence-corrected chi connectivity index (χ3v) is 2.19. The molecule has 0 fully saturated rings. The smallest absolute Gasteiger partial charge is 0.316 e. The normalized spacial score (nSPS) is 14.3. The standard InChI is InChI=1S/C9H6F6N2O2/c10-8(11,12)5-1-4(7(16)9(13,14)15)2-6(3-5)17(18)19/h1-3,7H,16H2/t7-/m1/s1. The predicted molar refractivity (Wildman–Crippen MR) is 51.1 cm³/mol. The Morgan fingerprint density at radius 1 is 1.11 bits per heavy atom. The number of nitrogens with two attached hydrogens (primary N) is 1. The quantitative estimate of drug-likeness (QED) is 0.516. The van der Waals surface area contributed by atoms with Crippen LogP contribution in [0.5, 0.6) is 0 Å². The van der Waals surface area contributed by atoms with Gasteiger partial charge in [0, 0.05) is 12.1 Å². The summed E-state index contributed by atoms with van der Waals surface area (Å²) in [5.41, 5.74) is 1.05. The Labute approximate surface area is 102 Å². The zero-order valence-corrected chi connectivity index (χ0v) is 8.92. The lowest BCUT2D eigenvalue weighted by molar-refractivity contribution is -0.385. The Morgan fingerprint density at radius 3 is 2.00 bits per heavy atom. The van der Waals surface area contributed by atoms with E-state index >= 15 is 0 Å². The molecule has 0 aliphatic carbocycles. The molecule has 106 valence electrons. The Hall–Kier alpha value is -1.84. The molecule has 1 atom stereocenters. The summed E-state index contributed by atoms with van der Waals surface area (Å²) in [7, 11) is 0. The van der Waals surface area contributed by atoms with Crippen LogP contribution in [-0.2, 0) is 6.18 Å². The van der Waals surface area contributed by atoms with E-state index in [2.05, 4.69) is 0 Å². The molecule has 0 heterocycles. The minimum Gasteiger partial charge on any atom is -0.316 e. The molecule has 1 rings (SSSR count). The molecule has 0 amide bonds. The van der Waals surface area contributed by atoms with Crippen molar-refractivity contribution in [3.8, 4) is 0 Å². The van der Waals surface area contributed by atoms with Gasteiger partial charge >= 0.3 is 12.4 Å². The summed E-state index contributed by atoms with van der Waals surface area (Å²) in [5.74, 6) is 0. The average molecular weight is 288 g/mol. The van der Waals surface area contributed by atoms with Gasteiger partial charge in [0.25, 0.3) is 5.69 Å². The van der Waals surface area contributed by atoms with Crippen molar-refractivity contribution in [1.82, 2.24) is 0 Å². The molecule has 4 nitrogen and oxygen atoms in total. The zero-order chi connectivity index (χ0) is 15.0. The minimum atomic E-state index is -5.01. The van der Waals surface area contributed by atoms with E-state index in [1.807, 2.05) is 0 Å². The number of hydrogen-bond acceptors (Lipinski definition) is 3. The molecule has 0 aliphatic heterocycles. The topological polar surface area (TPSA) is 69.2 Å². The molecule has 1 aromatic carbocycles. The van der Waals surface area contributed by atoms with Crippen LogP contribution in [0.3, 0.4) is 0 Å². The second kappa shape index (κ2) is 4.68. The van der Waals surface area contributed by atoms with Gasteiger partial charge in [-0.05, 0) is 11.6 Å².